The van der Waals surface area contributed by atoms with E-state index in [-0.39, 0.29) is 5.91 Å². The van der Waals surface area contributed by atoms with E-state index in [9.17, 15) is 4.79 Å². The predicted molar refractivity (Wildman–Crippen MR) is 88.5 cm³/mol. The summed E-state index contributed by atoms with van der Waals surface area (Å²) in [6.45, 7) is 8.32. The molecular formula is C18H29N3O. The van der Waals surface area contributed by atoms with Crippen molar-refractivity contribution in [3.63, 3.8) is 0 Å². The lowest BCUT2D eigenvalue weighted by Crippen LogP contribution is -2.38. The van der Waals surface area contributed by atoms with E-state index in [0.717, 1.165) is 42.9 Å². The Bertz CT molecular complexity index is 479. The van der Waals surface area contributed by atoms with Crippen molar-refractivity contribution in [2.24, 2.45) is 11.8 Å². The van der Waals surface area contributed by atoms with E-state index < -0.39 is 0 Å². The van der Waals surface area contributed by atoms with Crippen LogP contribution < -0.4 is 0 Å². The first-order chi connectivity index (χ1) is 10.5. The molecular weight excluding hydrogens is 274 g/mol. The van der Waals surface area contributed by atoms with E-state index in [1.807, 2.05) is 17.9 Å². The van der Waals surface area contributed by atoms with Crippen LogP contribution in [0.15, 0.2) is 12.3 Å². The zero-order valence-electron chi connectivity index (χ0n) is 14.2. The summed E-state index contributed by atoms with van der Waals surface area (Å²) in [6.07, 6.45) is 8.02. The number of nitrogens with zero attached hydrogens (tertiary/aromatic N) is 3. The van der Waals surface area contributed by atoms with Crippen LogP contribution in [0, 0.1) is 18.8 Å². The van der Waals surface area contributed by atoms with Crippen molar-refractivity contribution in [3.8, 4) is 0 Å². The second-order valence-electron chi connectivity index (χ2n) is 6.89. The number of carbonyl (C=O) groups excluding carboxylic acids is 1. The van der Waals surface area contributed by atoms with Gasteiger partial charge in [-0.1, -0.05) is 26.7 Å². The van der Waals surface area contributed by atoms with Gasteiger partial charge in [0.05, 0.1) is 0 Å². The van der Waals surface area contributed by atoms with Crippen LogP contribution in [0.1, 0.15) is 57.5 Å². The Labute approximate surface area is 134 Å². The molecule has 0 N–H and O–H groups in total. The van der Waals surface area contributed by atoms with Gasteiger partial charge < -0.3 is 4.90 Å². The van der Waals surface area contributed by atoms with Gasteiger partial charge in [-0.25, -0.2) is 9.97 Å². The molecule has 0 radical (unpaired) electrons. The highest BCUT2D eigenvalue weighted by atomic mass is 16.2. The second-order valence-corrected chi connectivity index (χ2v) is 6.89. The molecule has 22 heavy (non-hydrogen) atoms. The third-order valence-electron chi connectivity index (χ3n) is 4.55. The molecule has 1 aromatic heterocycles. The number of hydrogen-bond donors (Lipinski definition) is 0. The normalized spacial score (nSPS) is 16.3. The maximum Gasteiger partial charge on any atom is 0.222 e. The highest BCUT2D eigenvalue weighted by Gasteiger charge is 2.22. The SMILES string of the molecule is Cc1nccc(CCC(=O)N2CCC(CCC(C)C)CC2)n1. The molecule has 0 aromatic carbocycles. The molecule has 0 saturated carbocycles. The zero-order valence-corrected chi connectivity index (χ0v) is 14.2. The Morgan fingerprint density at radius 3 is 2.73 bits per heavy atom. The Balaban J connectivity index is 1.71. The van der Waals surface area contributed by atoms with Crippen molar-refractivity contribution in [3.05, 3.63) is 23.8 Å². The van der Waals surface area contributed by atoms with Gasteiger partial charge in [0.2, 0.25) is 5.91 Å². The molecule has 0 bridgehead atoms. The van der Waals surface area contributed by atoms with Crippen LogP contribution in [0.25, 0.3) is 0 Å². The lowest BCUT2D eigenvalue weighted by atomic mass is 9.89. The van der Waals surface area contributed by atoms with Gasteiger partial charge in [0.15, 0.2) is 0 Å². The zero-order chi connectivity index (χ0) is 15.9. The van der Waals surface area contributed by atoms with Crippen molar-refractivity contribution in [1.82, 2.24) is 14.9 Å². The number of carbonyl (C=O) groups is 1. The molecule has 1 fully saturated rings. The summed E-state index contributed by atoms with van der Waals surface area (Å²) in [5.74, 6) is 2.65. The highest BCUT2D eigenvalue weighted by molar-refractivity contribution is 5.76. The van der Waals surface area contributed by atoms with E-state index in [4.69, 9.17) is 0 Å². The molecule has 2 heterocycles. The van der Waals surface area contributed by atoms with Crippen LogP contribution in [0.2, 0.25) is 0 Å². The topological polar surface area (TPSA) is 46.1 Å². The van der Waals surface area contributed by atoms with Gasteiger partial charge in [0.1, 0.15) is 5.82 Å². The van der Waals surface area contributed by atoms with E-state index in [1.54, 1.807) is 6.20 Å². The van der Waals surface area contributed by atoms with Gasteiger partial charge in [0.25, 0.3) is 0 Å². The smallest absolute Gasteiger partial charge is 0.222 e. The molecule has 1 amide bonds. The van der Waals surface area contributed by atoms with Gasteiger partial charge in [-0.05, 0) is 44.1 Å². The van der Waals surface area contributed by atoms with Gasteiger partial charge in [-0.15, -0.1) is 0 Å². The summed E-state index contributed by atoms with van der Waals surface area (Å²) < 4.78 is 0. The minimum Gasteiger partial charge on any atom is -0.343 e. The largest absolute Gasteiger partial charge is 0.343 e. The first-order valence-corrected chi connectivity index (χ1v) is 8.61. The predicted octanol–water partition coefficient (Wildman–Crippen LogP) is 3.39. The molecule has 4 nitrogen and oxygen atoms in total. The summed E-state index contributed by atoms with van der Waals surface area (Å²) in [6, 6.07) is 1.90. The molecule has 2 rings (SSSR count). The molecule has 1 aromatic rings. The van der Waals surface area contributed by atoms with Crippen LogP contribution in [-0.2, 0) is 11.2 Å². The molecule has 122 valence electrons. The molecule has 0 spiro atoms. The monoisotopic (exact) mass is 303 g/mol. The Morgan fingerprint density at radius 1 is 1.36 bits per heavy atom. The number of aromatic nitrogens is 2. The summed E-state index contributed by atoms with van der Waals surface area (Å²) in [7, 11) is 0. The van der Waals surface area contributed by atoms with Gasteiger partial charge in [-0.3, -0.25) is 4.79 Å². The van der Waals surface area contributed by atoms with E-state index in [1.165, 1.54) is 25.7 Å². The van der Waals surface area contributed by atoms with E-state index in [2.05, 4.69) is 23.8 Å². The fraction of sp³-hybridized carbons (Fsp3) is 0.722. The third-order valence-corrected chi connectivity index (χ3v) is 4.55. The van der Waals surface area contributed by atoms with E-state index >= 15 is 0 Å². The molecule has 0 atom stereocenters. The van der Waals surface area contributed by atoms with Crippen LogP contribution in [-0.4, -0.2) is 33.9 Å². The number of aryl methyl sites for hydroxylation is 2. The molecule has 0 unspecified atom stereocenters. The fourth-order valence-corrected chi connectivity index (χ4v) is 3.08. The number of likely N-dealkylation sites (tertiary alicyclic amines) is 1. The van der Waals surface area contributed by atoms with Crippen LogP contribution in [0.4, 0.5) is 0 Å². The Kier molecular flexibility index (Phi) is 6.34. The van der Waals surface area contributed by atoms with Crippen molar-refractivity contribution in [1.29, 1.82) is 0 Å². The highest BCUT2D eigenvalue weighted by Crippen LogP contribution is 2.24. The van der Waals surface area contributed by atoms with Gasteiger partial charge >= 0.3 is 0 Å². The number of amides is 1. The first-order valence-electron chi connectivity index (χ1n) is 8.61. The molecule has 0 aliphatic carbocycles. The lowest BCUT2D eigenvalue weighted by molar-refractivity contribution is -0.132. The van der Waals surface area contributed by atoms with Crippen molar-refractivity contribution in [2.75, 3.05) is 13.1 Å². The van der Waals surface area contributed by atoms with Gasteiger partial charge in [-0.2, -0.15) is 0 Å². The summed E-state index contributed by atoms with van der Waals surface area (Å²) in [4.78, 5) is 22.8. The van der Waals surface area contributed by atoms with Crippen molar-refractivity contribution in [2.45, 2.75) is 59.3 Å². The summed E-state index contributed by atoms with van der Waals surface area (Å²) in [5, 5.41) is 0. The van der Waals surface area contributed by atoms with E-state index in [0.29, 0.717) is 6.42 Å². The molecule has 4 heteroatoms. The fourth-order valence-electron chi connectivity index (χ4n) is 3.08. The average molecular weight is 303 g/mol. The molecule has 1 aliphatic heterocycles. The number of rotatable bonds is 6. The maximum absolute atomic E-state index is 12.3. The summed E-state index contributed by atoms with van der Waals surface area (Å²) in [5.41, 5.74) is 0.965. The lowest BCUT2D eigenvalue weighted by Gasteiger charge is -2.32. The number of piperidine rings is 1. The second kappa shape index (κ2) is 8.25. The third kappa shape index (κ3) is 5.39. The quantitative estimate of drug-likeness (QED) is 0.809. The number of hydrogen-bond acceptors (Lipinski definition) is 3. The Morgan fingerprint density at radius 2 is 2.09 bits per heavy atom. The average Bonchev–Trinajstić information content (AvgIpc) is 2.51. The minimum atomic E-state index is 0.276. The van der Waals surface area contributed by atoms with Gasteiger partial charge in [0, 0.05) is 31.4 Å². The molecule has 1 aliphatic rings. The minimum absolute atomic E-state index is 0.276. The van der Waals surface area contributed by atoms with Crippen LogP contribution in [0.3, 0.4) is 0 Å². The molecule has 1 saturated heterocycles. The maximum atomic E-state index is 12.3. The first kappa shape index (κ1) is 16.9. The van der Waals surface area contributed by atoms with Crippen molar-refractivity contribution >= 4 is 5.91 Å². The van der Waals surface area contributed by atoms with Crippen LogP contribution in [0.5, 0.6) is 0 Å². The Hall–Kier alpha value is -1.45. The standard InChI is InChI=1S/C18H29N3O/c1-14(2)4-5-16-9-12-21(13-10-16)18(22)7-6-17-8-11-19-15(3)20-17/h8,11,14,16H,4-7,9-10,12-13H2,1-3H3. The summed E-state index contributed by atoms with van der Waals surface area (Å²) >= 11 is 0. The van der Waals surface area contributed by atoms with Crippen LogP contribution >= 0.6 is 0 Å². The van der Waals surface area contributed by atoms with Crippen molar-refractivity contribution < 1.29 is 4.79 Å².